The Bertz CT molecular complexity index is 4960. The van der Waals surface area contributed by atoms with Gasteiger partial charge in [0.2, 0.25) is 0 Å². The van der Waals surface area contributed by atoms with Crippen LogP contribution in [0.4, 0.5) is 0 Å². The van der Waals surface area contributed by atoms with E-state index in [1.54, 1.807) is 27.7 Å². The van der Waals surface area contributed by atoms with E-state index in [2.05, 4.69) is 0 Å². The molecule has 9 saturated heterocycles. The molecule has 3 spiro atoms. The van der Waals surface area contributed by atoms with E-state index in [4.69, 9.17) is 85.3 Å². The van der Waals surface area contributed by atoms with Crippen molar-refractivity contribution in [2.75, 3.05) is 33.5 Å². The number of fused-ring (bicyclic) bond motifs is 13. The average molecular weight is 2040 g/mol. The van der Waals surface area contributed by atoms with Gasteiger partial charge in [0.25, 0.3) is 0 Å². The van der Waals surface area contributed by atoms with Crippen LogP contribution < -0.4 is 0 Å². The Morgan fingerprint density at radius 3 is 1.16 bits per heavy atom. The van der Waals surface area contributed by atoms with Crippen LogP contribution in [0.15, 0.2) is 0 Å². The van der Waals surface area contributed by atoms with Gasteiger partial charge in [-0.2, -0.15) is 0 Å². The van der Waals surface area contributed by atoms with Gasteiger partial charge in [-0.25, -0.2) is 0 Å². The number of ether oxygens (including phenoxy) is 18. The molecule has 0 aromatic carbocycles. The van der Waals surface area contributed by atoms with E-state index in [0.717, 1.165) is 83.5 Å². The zero-order valence-corrected chi connectivity index (χ0v) is 89.1. The molecule has 808 valence electrons. The van der Waals surface area contributed by atoms with Crippen LogP contribution in [-0.4, -0.2) is 220 Å². The Kier molecular flexibility index (Phi) is 31.9. The Balaban J connectivity index is 0.000000127. The van der Waals surface area contributed by atoms with Gasteiger partial charge in [-0.3, -0.25) is 81.5 Å². The van der Waals surface area contributed by atoms with Crippen molar-refractivity contribution >= 4 is 101 Å². The molecule has 9 aliphatic heterocycles. The lowest BCUT2D eigenvalue weighted by Crippen LogP contribution is -2.46. The molecule has 35 heteroatoms. The molecule has 21 rings (SSSR count). The molecular formula is C110H158O35. The minimum Gasteiger partial charge on any atom is -0.469 e. The van der Waals surface area contributed by atoms with Crippen LogP contribution in [0.1, 0.15) is 300 Å². The van der Waals surface area contributed by atoms with Gasteiger partial charge < -0.3 is 85.3 Å². The Morgan fingerprint density at radius 1 is 0.393 bits per heavy atom. The number of methoxy groups -OCH3 is 1. The maximum Gasteiger partial charge on any atom is 0.312 e. The molecule has 35 nitrogen and oxygen atoms in total. The lowest BCUT2D eigenvalue weighted by Gasteiger charge is -2.36. The van der Waals surface area contributed by atoms with Gasteiger partial charge in [-0.15, -0.1) is 0 Å². The van der Waals surface area contributed by atoms with Crippen LogP contribution in [0.5, 0.6) is 0 Å². The standard InChI is InChI=1S/C19H28O6.C17H24O6.C16H22O6.3C15H22O4.C13H18O5/c1-7-19(5,6)17(22)24-14-10-8-9-11(15(20)23-13(9)14)12(10)16(21)25-18(2,3)4;1-5-17(3,4)16(20)23-13-8-7-9-11(15(19)22-12(9)13)10(8)14(18)21-6-2;1-5-16(2,3)15(19)22-12-7-6-8-10(9(7)13(17)20-4)14(18)21-11(8)12;1-3-9(2)14(17)19-12-5-11-4-10(12)6-15(11)7-13(16)18-8-15;1-3-9(2)14(17)19-12-5-10-4-11(12)15(6-10)7-13(16)18-8-15;1-3-9(2)13(16)19-12-7-11-6-10(12)8-15(11)4-5-18-14(15)17;1-4-13(2,3)12(15)18-9-7-5-6-8(16-7)10(9)17-11(6)14/h9-14H,7-8H2,1-6H3;8-13H,5-7H2,1-4H3;7-12H,5-6H2,1-4H3;3*9-12H,3-8H2,1-2H3;6-10H,4-5H2,1-3H3. The zero-order chi connectivity index (χ0) is 106. The van der Waals surface area contributed by atoms with Gasteiger partial charge in [-0.1, -0.05) is 69.2 Å². The number of carbonyl (C=O) groups is 17. The predicted octanol–water partition coefficient (Wildman–Crippen LogP) is 13.5. The molecular weight excluding hydrogens is 1880 g/mol. The topological polar surface area (TPSA) is 456 Å². The highest BCUT2D eigenvalue weighted by Crippen LogP contribution is 2.67. The van der Waals surface area contributed by atoms with Crippen molar-refractivity contribution in [1.29, 1.82) is 0 Å². The highest BCUT2D eigenvalue weighted by molar-refractivity contribution is 5.90. The lowest BCUT2D eigenvalue weighted by molar-refractivity contribution is -0.176. The summed E-state index contributed by atoms with van der Waals surface area (Å²) in [5, 5.41) is 0. The van der Waals surface area contributed by atoms with E-state index in [9.17, 15) is 81.5 Å². The van der Waals surface area contributed by atoms with Crippen LogP contribution in [-0.2, 0) is 167 Å². The van der Waals surface area contributed by atoms with Crippen molar-refractivity contribution < 1.29 is 167 Å². The summed E-state index contributed by atoms with van der Waals surface area (Å²) in [6.07, 6.45) is 14.6. The van der Waals surface area contributed by atoms with E-state index in [1.165, 1.54) is 7.11 Å². The van der Waals surface area contributed by atoms with Gasteiger partial charge >= 0.3 is 101 Å². The van der Waals surface area contributed by atoms with Crippen molar-refractivity contribution in [1.82, 2.24) is 0 Å². The van der Waals surface area contributed by atoms with Crippen molar-refractivity contribution in [3.8, 4) is 0 Å². The molecule has 21 fully saturated rings. The number of hydrogen-bond acceptors (Lipinski definition) is 35. The normalized spacial score (nSPS) is 39.6. The first-order valence-electron chi connectivity index (χ1n) is 54.1. The number of cyclic esters (lactones) is 3. The average Bonchev–Trinajstić information content (AvgIpc) is 1.54. The maximum absolute atomic E-state index is 12.7. The number of carbonyl (C=O) groups excluding carboxylic acids is 17. The molecule has 0 amide bonds. The monoisotopic (exact) mass is 2040 g/mol. The molecule has 38 unspecified atom stereocenters. The third-order valence-corrected chi connectivity index (χ3v) is 38.2. The van der Waals surface area contributed by atoms with Crippen LogP contribution in [0.25, 0.3) is 0 Å². The predicted molar refractivity (Wildman–Crippen MR) is 507 cm³/mol. The van der Waals surface area contributed by atoms with Gasteiger partial charge in [0, 0.05) is 52.3 Å². The van der Waals surface area contributed by atoms with E-state index in [1.807, 2.05) is 125 Å². The first-order chi connectivity index (χ1) is 68.2. The quantitative estimate of drug-likeness (QED) is 0.0605. The highest BCUT2D eigenvalue weighted by Gasteiger charge is 2.75. The van der Waals surface area contributed by atoms with Gasteiger partial charge in [0.1, 0.15) is 66.6 Å². The summed E-state index contributed by atoms with van der Waals surface area (Å²) in [4.78, 5) is 205. The molecule has 14 bridgehead atoms. The van der Waals surface area contributed by atoms with E-state index in [-0.39, 0.29) is 202 Å². The van der Waals surface area contributed by atoms with Crippen LogP contribution >= 0.6 is 0 Å². The SMILES string of the molecule is CCC(C)(C)C(=O)OC1C2CC3C(=O)OC1C3O2.CCC(C)(C)C(=O)OC1C2CC3C1OC(=O)C3C2C(=O)OC.CCC(C)(C)C(=O)OC1C2CC3C1OC(=O)C3C2C(=O)OC(C)(C)C.CCC(C)C(=O)OC1CC2CC1C1(COC(=O)C1)C2.CCC(C)C(=O)OC1CC2CC1CC21CCOC1=O.CCC(C)C(=O)OC1CC2CC1CC21COC(=O)C1.CCOC(=O)C1C2CC3C(OC(=O)C31)C2OC(=O)C(C)(C)CC. The highest BCUT2D eigenvalue weighted by atomic mass is 16.7. The first kappa shape index (κ1) is 110. The Hall–Kier alpha value is -9.05. The first-order valence-corrected chi connectivity index (χ1v) is 54.1. The summed E-state index contributed by atoms with van der Waals surface area (Å²) in [7, 11) is 1.31. The smallest absolute Gasteiger partial charge is 0.312 e. The fraction of sp³-hybridized carbons (Fsp3) is 0.845. The molecule has 38 atom stereocenters. The molecule has 9 heterocycles. The van der Waals surface area contributed by atoms with E-state index >= 15 is 0 Å². The minimum absolute atomic E-state index is 0.00768. The second kappa shape index (κ2) is 42.1. The van der Waals surface area contributed by atoms with Gasteiger partial charge in [0.05, 0.1) is 139 Å². The fourth-order valence-corrected chi connectivity index (χ4v) is 27.6. The zero-order valence-electron chi connectivity index (χ0n) is 89.1. The molecule has 0 N–H and O–H groups in total. The summed E-state index contributed by atoms with van der Waals surface area (Å²) in [6, 6.07) is 0. The van der Waals surface area contributed by atoms with Crippen LogP contribution in [0, 0.1) is 168 Å². The third kappa shape index (κ3) is 20.8. The van der Waals surface area contributed by atoms with Gasteiger partial charge in [-0.05, 0) is 248 Å². The summed E-state index contributed by atoms with van der Waals surface area (Å²) in [6.45, 7) is 43.2. The fourth-order valence-electron chi connectivity index (χ4n) is 27.6. The maximum atomic E-state index is 12.7. The minimum atomic E-state index is -0.628. The summed E-state index contributed by atoms with van der Waals surface area (Å²) in [5.41, 5.74) is -3.12. The molecule has 0 radical (unpaired) electrons. The van der Waals surface area contributed by atoms with Crippen molar-refractivity contribution in [3.05, 3.63) is 0 Å². The van der Waals surface area contributed by atoms with Crippen molar-refractivity contribution in [2.45, 2.75) is 385 Å². The van der Waals surface area contributed by atoms with Crippen molar-refractivity contribution in [3.63, 3.8) is 0 Å². The molecule has 145 heavy (non-hydrogen) atoms. The summed E-state index contributed by atoms with van der Waals surface area (Å²) < 4.78 is 98.0. The Labute approximate surface area is 850 Å². The second-order valence-electron chi connectivity index (χ2n) is 49.4. The number of rotatable bonds is 25. The van der Waals surface area contributed by atoms with E-state index < -0.39 is 124 Å². The summed E-state index contributed by atoms with van der Waals surface area (Å²) >= 11 is 0. The van der Waals surface area contributed by atoms with Crippen LogP contribution in [0.2, 0.25) is 0 Å². The summed E-state index contributed by atoms with van der Waals surface area (Å²) in [5.74, 6) is -5.33. The van der Waals surface area contributed by atoms with E-state index in [0.29, 0.717) is 120 Å². The number of hydrogen-bond donors (Lipinski definition) is 0. The second-order valence-corrected chi connectivity index (χ2v) is 49.4. The number of esters is 17. The van der Waals surface area contributed by atoms with Crippen molar-refractivity contribution in [2.24, 2.45) is 168 Å². The Morgan fingerprint density at radius 2 is 0.793 bits per heavy atom. The molecule has 12 aliphatic carbocycles. The third-order valence-electron chi connectivity index (χ3n) is 38.2. The van der Waals surface area contributed by atoms with Gasteiger partial charge in [0.15, 0.2) is 12.2 Å². The van der Waals surface area contributed by atoms with Crippen LogP contribution in [0.3, 0.4) is 0 Å². The molecule has 21 aliphatic rings. The largest absolute Gasteiger partial charge is 0.469 e. The lowest BCUT2D eigenvalue weighted by atomic mass is 9.71. The molecule has 0 aromatic heterocycles. The molecule has 0 aromatic rings. The molecule has 12 saturated carbocycles.